The molecule has 2 heteroatoms. The maximum atomic E-state index is 5.76. The van der Waals surface area contributed by atoms with Crippen LogP contribution in [0.5, 0.6) is 0 Å². The minimum Gasteiger partial charge on any atom is -0.498 e. The molecular formula is C14H23NO. The van der Waals surface area contributed by atoms with Crippen molar-refractivity contribution in [3.05, 3.63) is 24.0 Å². The molecule has 0 unspecified atom stereocenters. The summed E-state index contributed by atoms with van der Waals surface area (Å²) in [4.78, 5) is 2.57. The zero-order valence-electron chi connectivity index (χ0n) is 10.2. The Morgan fingerprint density at radius 2 is 2.06 bits per heavy atom. The summed E-state index contributed by atoms with van der Waals surface area (Å²) in [5.41, 5.74) is 0. The van der Waals surface area contributed by atoms with E-state index in [9.17, 15) is 0 Å². The number of piperidine rings is 1. The smallest absolute Gasteiger partial charge is 0.0962 e. The second kappa shape index (κ2) is 6.74. The number of hydrogen-bond donors (Lipinski definition) is 0. The Bertz CT molecular complexity index is 251. The Kier molecular flexibility index (Phi) is 4.94. The molecule has 2 aliphatic rings. The van der Waals surface area contributed by atoms with Gasteiger partial charge in [-0.05, 0) is 44.8 Å². The normalized spacial score (nSPS) is 21.9. The highest BCUT2D eigenvalue weighted by Gasteiger charge is 2.09. The van der Waals surface area contributed by atoms with Gasteiger partial charge in [0.1, 0.15) is 0 Å². The Morgan fingerprint density at radius 3 is 2.81 bits per heavy atom. The zero-order chi connectivity index (χ0) is 11.1. The van der Waals surface area contributed by atoms with Crippen LogP contribution >= 0.6 is 0 Å². The molecule has 0 aromatic rings. The van der Waals surface area contributed by atoms with Gasteiger partial charge in [0.2, 0.25) is 0 Å². The summed E-state index contributed by atoms with van der Waals surface area (Å²) in [5, 5.41) is 0. The molecule has 2 rings (SSSR count). The molecule has 16 heavy (non-hydrogen) atoms. The Labute approximate surface area is 99.0 Å². The maximum Gasteiger partial charge on any atom is 0.0962 e. The third-order valence-electron chi connectivity index (χ3n) is 3.33. The number of rotatable bonds is 5. The lowest BCUT2D eigenvalue weighted by Gasteiger charge is -2.26. The van der Waals surface area contributed by atoms with Gasteiger partial charge in [-0.1, -0.05) is 18.6 Å². The van der Waals surface area contributed by atoms with Crippen LogP contribution in [0.4, 0.5) is 0 Å². The van der Waals surface area contributed by atoms with Crippen LogP contribution in [-0.2, 0) is 4.74 Å². The first kappa shape index (κ1) is 11.7. The van der Waals surface area contributed by atoms with E-state index < -0.39 is 0 Å². The predicted molar refractivity (Wildman–Crippen MR) is 67.3 cm³/mol. The third-order valence-corrected chi connectivity index (χ3v) is 3.33. The molecule has 0 N–H and O–H groups in total. The molecule has 0 aromatic heterocycles. The van der Waals surface area contributed by atoms with Crippen LogP contribution in [0.25, 0.3) is 0 Å². The number of nitrogens with zero attached hydrogens (tertiary/aromatic N) is 1. The largest absolute Gasteiger partial charge is 0.498 e. The van der Waals surface area contributed by atoms with Gasteiger partial charge in [0.15, 0.2) is 0 Å². The summed E-state index contributed by atoms with van der Waals surface area (Å²) in [5.74, 6) is 1.17. The van der Waals surface area contributed by atoms with E-state index in [1.165, 1.54) is 51.1 Å². The lowest BCUT2D eigenvalue weighted by atomic mass is 10.1. The van der Waals surface area contributed by atoms with Gasteiger partial charge < -0.3 is 9.64 Å². The van der Waals surface area contributed by atoms with Crippen LogP contribution in [0.15, 0.2) is 24.0 Å². The summed E-state index contributed by atoms with van der Waals surface area (Å²) in [6.07, 6.45) is 14.0. The minimum atomic E-state index is 0.885. The first-order valence-corrected chi connectivity index (χ1v) is 6.66. The van der Waals surface area contributed by atoms with Crippen LogP contribution < -0.4 is 0 Å². The van der Waals surface area contributed by atoms with E-state index >= 15 is 0 Å². The summed E-state index contributed by atoms with van der Waals surface area (Å²) in [7, 11) is 0. The van der Waals surface area contributed by atoms with Gasteiger partial charge in [0.05, 0.1) is 12.4 Å². The highest BCUT2D eigenvalue weighted by atomic mass is 16.5. The average molecular weight is 221 g/mol. The topological polar surface area (TPSA) is 12.5 Å². The Hall–Kier alpha value is -0.760. The molecule has 0 atom stereocenters. The summed E-state index contributed by atoms with van der Waals surface area (Å²) >= 11 is 0. The van der Waals surface area contributed by atoms with Crippen molar-refractivity contribution in [3.8, 4) is 0 Å². The van der Waals surface area contributed by atoms with Gasteiger partial charge in [-0.3, -0.25) is 0 Å². The summed E-state index contributed by atoms with van der Waals surface area (Å²) in [6.45, 7) is 4.69. The van der Waals surface area contributed by atoms with E-state index in [4.69, 9.17) is 4.74 Å². The van der Waals surface area contributed by atoms with Crippen molar-refractivity contribution in [2.75, 3.05) is 26.2 Å². The molecule has 0 saturated carbocycles. The Morgan fingerprint density at radius 1 is 1.19 bits per heavy atom. The molecule has 1 aliphatic carbocycles. The van der Waals surface area contributed by atoms with Crippen LogP contribution in [0.1, 0.15) is 38.5 Å². The van der Waals surface area contributed by atoms with Crippen LogP contribution in [-0.4, -0.2) is 31.1 Å². The molecule has 0 amide bonds. The number of hydrogen-bond acceptors (Lipinski definition) is 2. The average Bonchev–Trinajstić information content (AvgIpc) is 2.37. The van der Waals surface area contributed by atoms with E-state index in [0.717, 1.165) is 19.4 Å². The fraction of sp³-hybridized carbons (Fsp3) is 0.714. The fourth-order valence-electron chi connectivity index (χ4n) is 2.38. The number of allylic oxidation sites excluding steroid dienone is 4. The molecule has 2 nitrogen and oxygen atoms in total. The second-order valence-corrected chi connectivity index (χ2v) is 4.70. The van der Waals surface area contributed by atoms with Gasteiger partial charge in [-0.15, -0.1) is 0 Å². The van der Waals surface area contributed by atoms with Crippen molar-refractivity contribution in [2.45, 2.75) is 38.5 Å². The molecule has 0 bridgehead atoms. The van der Waals surface area contributed by atoms with E-state index in [1.807, 2.05) is 0 Å². The zero-order valence-corrected chi connectivity index (χ0v) is 10.2. The molecule has 1 aliphatic heterocycles. The Balaban J connectivity index is 1.54. The SMILES string of the molecule is C1=CCCC(OCCCN2CCCCC2)=C1. The van der Waals surface area contributed by atoms with Crippen molar-refractivity contribution in [2.24, 2.45) is 0 Å². The molecule has 0 radical (unpaired) electrons. The first-order chi connectivity index (χ1) is 7.95. The van der Waals surface area contributed by atoms with Crippen molar-refractivity contribution < 1.29 is 4.74 Å². The van der Waals surface area contributed by atoms with Crippen LogP contribution in [0, 0.1) is 0 Å². The molecule has 90 valence electrons. The van der Waals surface area contributed by atoms with Crippen molar-refractivity contribution in [1.29, 1.82) is 0 Å². The lowest BCUT2D eigenvalue weighted by Crippen LogP contribution is -2.31. The first-order valence-electron chi connectivity index (χ1n) is 6.66. The molecule has 1 fully saturated rings. The molecule has 1 saturated heterocycles. The van der Waals surface area contributed by atoms with E-state index in [2.05, 4.69) is 23.1 Å². The number of likely N-dealkylation sites (tertiary alicyclic amines) is 1. The maximum absolute atomic E-state index is 5.76. The van der Waals surface area contributed by atoms with E-state index in [0.29, 0.717) is 0 Å². The highest BCUT2D eigenvalue weighted by Crippen LogP contribution is 2.13. The van der Waals surface area contributed by atoms with E-state index in [1.54, 1.807) is 0 Å². The summed E-state index contributed by atoms with van der Waals surface area (Å²) in [6, 6.07) is 0. The van der Waals surface area contributed by atoms with E-state index in [-0.39, 0.29) is 0 Å². The van der Waals surface area contributed by atoms with Crippen molar-refractivity contribution in [1.82, 2.24) is 4.90 Å². The molecule has 0 aromatic carbocycles. The quantitative estimate of drug-likeness (QED) is 0.661. The van der Waals surface area contributed by atoms with Gasteiger partial charge in [-0.2, -0.15) is 0 Å². The van der Waals surface area contributed by atoms with Gasteiger partial charge in [0.25, 0.3) is 0 Å². The fourth-order valence-corrected chi connectivity index (χ4v) is 2.38. The summed E-state index contributed by atoms with van der Waals surface area (Å²) < 4.78 is 5.76. The second-order valence-electron chi connectivity index (χ2n) is 4.70. The standard InChI is InChI=1S/C14H23NO/c1-3-8-14(9-4-1)16-13-7-12-15-10-5-2-6-11-15/h1,3,8H,2,4-7,9-13H2. The van der Waals surface area contributed by atoms with Gasteiger partial charge >= 0.3 is 0 Å². The monoisotopic (exact) mass is 221 g/mol. The van der Waals surface area contributed by atoms with Gasteiger partial charge in [-0.25, -0.2) is 0 Å². The predicted octanol–water partition coefficient (Wildman–Crippen LogP) is 3.11. The molecular weight excluding hydrogens is 198 g/mol. The lowest BCUT2D eigenvalue weighted by molar-refractivity contribution is 0.165. The molecule has 1 heterocycles. The van der Waals surface area contributed by atoms with Crippen LogP contribution in [0.3, 0.4) is 0 Å². The minimum absolute atomic E-state index is 0.885. The number of ether oxygens (including phenoxy) is 1. The van der Waals surface area contributed by atoms with Crippen LogP contribution in [0.2, 0.25) is 0 Å². The van der Waals surface area contributed by atoms with Crippen molar-refractivity contribution in [3.63, 3.8) is 0 Å². The van der Waals surface area contributed by atoms with Gasteiger partial charge in [0, 0.05) is 13.0 Å². The third kappa shape index (κ3) is 4.01. The highest BCUT2D eigenvalue weighted by molar-refractivity contribution is 5.12. The molecule has 0 spiro atoms. The van der Waals surface area contributed by atoms with Crippen molar-refractivity contribution >= 4 is 0 Å².